The molecule has 0 aliphatic heterocycles. The van der Waals surface area contributed by atoms with Crippen molar-refractivity contribution >= 4 is 52.3 Å². The van der Waals surface area contributed by atoms with Crippen molar-refractivity contribution < 1.29 is 10.1 Å². The number of carbonyl (C=O) groups is 1. The van der Waals surface area contributed by atoms with E-state index in [0.29, 0.717) is 10.6 Å². The minimum absolute atomic E-state index is 0.159. The van der Waals surface area contributed by atoms with E-state index in [1.165, 1.54) is 0 Å². The van der Waals surface area contributed by atoms with Crippen molar-refractivity contribution in [3.63, 3.8) is 0 Å². The van der Waals surface area contributed by atoms with Gasteiger partial charge in [-0.3, -0.25) is 10.1 Å². The molecule has 0 radical (unpaired) electrons. The minimum atomic E-state index is -1.61. The first kappa shape index (κ1) is 16.9. The van der Waals surface area contributed by atoms with E-state index in [-0.39, 0.29) is 11.9 Å². The lowest BCUT2D eigenvalue weighted by molar-refractivity contribution is -0.717. The molecule has 1 aromatic carbocycles. The Labute approximate surface area is 132 Å². The maximum absolute atomic E-state index is 12.1. The molecular weight excluding hydrogens is 330 g/mol. The summed E-state index contributed by atoms with van der Waals surface area (Å²) in [6.07, 6.45) is -0.693. The van der Waals surface area contributed by atoms with Crippen LogP contribution in [0.3, 0.4) is 0 Å². The van der Waals surface area contributed by atoms with Crippen molar-refractivity contribution in [2.45, 2.75) is 29.8 Å². The van der Waals surface area contributed by atoms with Crippen LogP contribution in [0, 0.1) is 0 Å². The van der Waals surface area contributed by atoms with Crippen molar-refractivity contribution in [1.82, 2.24) is 5.32 Å². The maximum atomic E-state index is 12.1. The van der Waals surface area contributed by atoms with Gasteiger partial charge in [-0.15, -0.1) is 0 Å². The molecule has 0 aliphatic carbocycles. The fourth-order valence-electron chi connectivity index (χ4n) is 1.49. The lowest BCUT2D eigenvalue weighted by Gasteiger charge is -2.25. The first-order valence-electron chi connectivity index (χ1n) is 5.69. The standard InChI is InChI=1S/C12H14Cl4N2O/c1-7(2)17-11(12(14,15)16)18-10(19)8-5-3-4-6-9(8)13/h3-7,11,17H,1-2H3,(H,18,19)/p+1/t11-/m0/s1. The molecule has 1 aromatic rings. The summed E-state index contributed by atoms with van der Waals surface area (Å²) < 4.78 is -1.61. The summed E-state index contributed by atoms with van der Waals surface area (Å²) in [4.78, 5) is 12.1. The molecule has 1 atom stereocenters. The van der Waals surface area contributed by atoms with E-state index in [9.17, 15) is 4.79 Å². The molecule has 0 spiro atoms. The molecule has 1 rings (SSSR count). The third-order valence-electron chi connectivity index (χ3n) is 2.34. The van der Waals surface area contributed by atoms with Crippen molar-refractivity contribution in [2.75, 3.05) is 0 Å². The molecule has 3 N–H and O–H groups in total. The number of halogens is 4. The first-order chi connectivity index (χ1) is 8.71. The number of nitrogens with two attached hydrogens (primary N) is 1. The summed E-state index contributed by atoms with van der Waals surface area (Å²) in [6.45, 7) is 3.87. The van der Waals surface area contributed by atoms with Gasteiger partial charge in [-0.25, -0.2) is 0 Å². The molecule has 7 heteroatoms. The van der Waals surface area contributed by atoms with Gasteiger partial charge in [0.2, 0.25) is 6.17 Å². The minimum Gasteiger partial charge on any atom is -0.321 e. The summed E-state index contributed by atoms with van der Waals surface area (Å²) in [5, 5.41) is 4.79. The fraction of sp³-hybridized carbons (Fsp3) is 0.417. The van der Waals surface area contributed by atoms with Gasteiger partial charge in [-0.2, -0.15) is 0 Å². The van der Waals surface area contributed by atoms with E-state index in [1.54, 1.807) is 29.6 Å². The molecule has 0 heterocycles. The highest BCUT2D eigenvalue weighted by atomic mass is 35.6. The monoisotopic (exact) mass is 343 g/mol. The van der Waals surface area contributed by atoms with E-state index in [2.05, 4.69) is 5.32 Å². The van der Waals surface area contributed by atoms with Crippen LogP contribution < -0.4 is 10.6 Å². The van der Waals surface area contributed by atoms with Gasteiger partial charge in [0.15, 0.2) is 0 Å². The van der Waals surface area contributed by atoms with Gasteiger partial charge < -0.3 is 5.32 Å². The van der Waals surface area contributed by atoms with Crippen LogP contribution in [0.15, 0.2) is 24.3 Å². The number of alkyl halides is 3. The number of nitrogens with one attached hydrogen (secondary N) is 1. The van der Waals surface area contributed by atoms with E-state index >= 15 is 0 Å². The molecule has 0 aromatic heterocycles. The van der Waals surface area contributed by atoms with Crippen LogP contribution in [0.1, 0.15) is 24.2 Å². The number of amides is 1. The van der Waals surface area contributed by atoms with Crippen LogP contribution in [0.2, 0.25) is 5.02 Å². The Morgan fingerprint density at radius 3 is 2.32 bits per heavy atom. The molecule has 0 saturated carbocycles. The third-order valence-corrected chi connectivity index (χ3v) is 3.37. The second kappa shape index (κ2) is 7.00. The van der Waals surface area contributed by atoms with Crippen molar-refractivity contribution in [3.05, 3.63) is 34.9 Å². The average molecular weight is 345 g/mol. The molecule has 0 saturated heterocycles. The highest BCUT2D eigenvalue weighted by Gasteiger charge is 2.38. The zero-order valence-electron chi connectivity index (χ0n) is 10.5. The number of hydrogen-bond acceptors (Lipinski definition) is 1. The molecule has 0 fully saturated rings. The summed E-state index contributed by atoms with van der Waals surface area (Å²) in [6, 6.07) is 6.87. The zero-order valence-corrected chi connectivity index (χ0v) is 13.5. The second-order valence-corrected chi connectivity index (χ2v) is 7.19. The Hall–Kier alpha value is -0.190. The number of benzene rings is 1. The molecule has 0 aliphatic rings. The Morgan fingerprint density at radius 2 is 1.84 bits per heavy atom. The van der Waals surface area contributed by atoms with Crippen molar-refractivity contribution in [3.8, 4) is 0 Å². The topological polar surface area (TPSA) is 45.7 Å². The van der Waals surface area contributed by atoms with Crippen molar-refractivity contribution in [1.29, 1.82) is 0 Å². The van der Waals surface area contributed by atoms with Crippen LogP contribution in [0.5, 0.6) is 0 Å². The van der Waals surface area contributed by atoms with Gasteiger partial charge in [0, 0.05) is 0 Å². The largest absolute Gasteiger partial charge is 0.321 e. The summed E-state index contributed by atoms with van der Waals surface area (Å²) in [7, 11) is 0. The number of hydrogen-bond donors (Lipinski definition) is 2. The molecular formula is C12H15Cl4N2O+. The summed E-state index contributed by atoms with van der Waals surface area (Å²) in [5.41, 5.74) is 0.348. The highest BCUT2D eigenvalue weighted by molar-refractivity contribution is 6.68. The Morgan fingerprint density at radius 1 is 1.26 bits per heavy atom. The zero-order chi connectivity index (χ0) is 14.6. The van der Waals surface area contributed by atoms with Gasteiger partial charge in [0.1, 0.15) is 0 Å². The van der Waals surface area contributed by atoms with Gasteiger partial charge in [-0.1, -0.05) is 58.5 Å². The SMILES string of the molecule is CC(C)[NH2+][C@@H](NC(=O)c1ccccc1Cl)C(Cl)(Cl)Cl. The average Bonchev–Trinajstić information content (AvgIpc) is 2.26. The molecule has 106 valence electrons. The quantitative estimate of drug-likeness (QED) is 0.640. The van der Waals surface area contributed by atoms with Gasteiger partial charge in [-0.05, 0) is 26.0 Å². The maximum Gasteiger partial charge on any atom is 0.262 e. The Kier molecular flexibility index (Phi) is 6.21. The van der Waals surface area contributed by atoms with Crippen LogP contribution in [0.25, 0.3) is 0 Å². The fourth-order valence-corrected chi connectivity index (χ4v) is 2.09. The van der Waals surface area contributed by atoms with Crippen LogP contribution >= 0.6 is 46.4 Å². The smallest absolute Gasteiger partial charge is 0.262 e. The van der Waals surface area contributed by atoms with Crippen molar-refractivity contribution in [2.24, 2.45) is 0 Å². The lowest BCUT2D eigenvalue weighted by Crippen LogP contribution is -2.99. The van der Waals surface area contributed by atoms with Gasteiger partial charge >= 0.3 is 0 Å². The molecule has 1 amide bonds. The predicted molar refractivity (Wildman–Crippen MR) is 80.1 cm³/mol. The summed E-state index contributed by atoms with van der Waals surface area (Å²) >= 11 is 23.6. The van der Waals surface area contributed by atoms with E-state index < -0.39 is 9.96 Å². The normalized spacial score (nSPS) is 13.4. The molecule has 0 unspecified atom stereocenters. The lowest BCUT2D eigenvalue weighted by atomic mass is 10.2. The second-order valence-electron chi connectivity index (χ2n) is 4.41. The van der Waals surface area contributed by atoms with E-state index in [1.807, 2.05) is 13.8 Å². The van der Waals surface area contributed by atoms with Crippen LogP contribution in [-0.2, 0) is 0 Å². The Balaban J connectivity index is 2.86. The molecule has 0 bridgehead atoms. The number of carbonyl (C=O) groups excluding carboxylic acids is 1. The summed E-state index contributed by atoms with van der Waals surface area (Å²) in [5.74, 6) is -0.376. The number of rotatable bonds is 4. The highest BCUT2D eigenvalue weighted by Crippen LogP contribution is 2.27. The van der Waals surface area contributed by atoms with E-state index in [4.69, 9.17) is 46.4 Å². The third kappa shape index (κ3) is 5.36. The predicted octanol–water partition coefficient (Wildman–Crippen LogP) is 2.74. The van der Waals surface area contributed by atoms with Crippen LogP contribution in [0.4, 0.5) is 0 Å². The van der Waals surface area contributed by atoms with Gasteiger partial charge in [0.25, 0.3) is 9.70 Å². The molecule has 3 nitrogen and oxygen atoms in total. The molecule has 19 heavy (non-hydrogen) atoms. The Bertz CT molecular complexity index is 446. The number of quaternary nitrogens is 1. The first-order valence-corrected chi connectivity index (χ1v) is 7.20. The van der Waals surface area contributed by atoms with E-state index in [0.717, 1.165) is 0 Å². The van der Waals surface area contributed by atoms with Crippen LogP contribution in [-0.4, -0.2) is 21.9 Å². The van der Waals surface area contributed by atoms with Gasteiger partial charge in [0.05, 0.1) is 16.6 Å².